The molecule has 0 aliphatic carbocycles. The third-order valence-electron chi connectivity index (χ3n) is 2.01. The summed E-state index contributed by atoms with van der Waals surface area (Å²) in [6.07, 6.45) is 1.74. The number of rotatable bonds is 2. The van der Waals surface area contributed by atoms with E-state index in [0.29, 0.717) is 18.1 Å². The van der Waals surface area contributed by atoms with Crippen LogP contribution in [0.5, 0.6) is 0 Å². The van der Waals surface area contributed by atoms with E-state index in [4.69, 9.17) is 11.5 Å². The normalized spacial score (nSPS) is 8.47. The Bertz CT molecular complexity index is 414. The summed E-state index contributed by atoms with van der Waals surface area (Å²) in [5.74, 6) is 0.390. The molecule has 6 N–H and O–H groups in total. The molecule has 0 spiro atoms. The van der Waals surface area contributed by atoms with Crippen LogP contribution in [0, 0.1) is 0 Å². The fourth-order valence-electron chi connectivity index (χ4n) is 1.30. The van der Waals surface area contributed by atoms with Crippen LogP contribution >= 0.6 is 24.8 Å². The second kappa shape index (κ2) is 7.78. The van der Waals surface area contributed by atoms with Crippen molar-refractivity contribution in [1.82, 2.24) is 9.78 Å². The first-order valence-corrected chi connectivity index (χ1v) is 4.38. The number of nitrogens with zero attached hydrogens (tertiary/aromatic N) is 2. The molecule has 96 valence electrons. The first kappa shape index (κ1) is 17.9. The molecule has 7 heteroatoms. The van der Waals surface area contributed by atoms with E-state index in [1.54, 1.807) is 10.9 Å². The van der Waals surface area contributed by atoms with Crippen molar-refractivity contribution < 1.29 is 5.48 Å². The van der Waals surface area contributed by atoms with E-state index in [-0.39, 0.29) is 30.3 Å². The van der Waals surface area contributed by atoms with Gasteiger partial charge in [-0.2, -0.15) is 5.10 Å². The highest BCUT2D eigenvalue weighted by molar-refractivity contribution is 5.85. The number of aromatic nitrogens is 2. The zero-order valence-corrected chi connectivity index (χ0v) is 10.7. The molecule has 0 unspecified atom stereocenters. The summed E-state index contributed by atoms with van der Waals surface area (Å²) in [5, 5.41) is 4.07. The van der Waals surface area contributed by atoms with Crippen LogP contribution in [0.1, 0.15) is 5.56 Å². The Kier molecular flexibility index (Phi) is 8.21. The molecule has 0 aliphatic rings. The minimum absolute atomic E-state index is 0. The van der Waals surface area contributed by atoms with Gasteiger partial charge in [0, 0.05) is 0 Å². The molecule has 5 nitrogen and oxygen atoms in total. The number of anilines is 2. The molecule has 0 saturated carbocycles. The van der Waals surface area contributed by atoms with Crippen molar-refractivity contribution in [2.24, 2.45) is 0 Å². The number of halogens is 2. The van der Waals surface area contributed by atoms with Gasteiger partial charge < -0.3 is 16.9 Å². The van der Waals surface area contributed by atoms with E-state index in [1.165, 1.54) is 5.56 Å². The molecule has 0 amide bonds. The van der Waals surface area contributed by atoms with Gasteiger partial charge in [0.2, 0.25) is 0 Å². The molecular weight excluding hydrogens is 263 g/mol. The first-order valence-electron chi connectivity index (χ1n) is 4.38. The van der Waals surface area contributed by atoms with Crippen molar-refractivity contribution in [3.63, 3.8) is 0 Å². The monoisotopic (exact) mass is 278 g/mol. The summed E-state index contributed by atoms with van der Waals surface area (Å²) in [4.78, 5) is 0. The molecule has 0 atom stereocenters. The number of hydrogen-bond donors (Lipinski definition) is 2. The maximum Gasteiger partial charge on any atom is 0.168 e. The van der Waals surface area contributed by atoms with Gasteiger partial charge >= 0.3 is 0 Å². The van der Waals surface area contributed by atoms with Crippen LogP contribution in [0.3, 0.4) is 0 Å². The Morgan fingerprint density at radius 3 is 2.12 bits per heavy atom. The van der Waals surface area contributed by atoms with Gasteiger partial charge in [-0.05, 0) is 5.56 Å². The Morgan fingerprint density at radius 1 is 1.06 bits per heavy atom. The Hall–Kier alpha value is -1.43. The molecule has 1 aromatic heterocycles. The second-order valence-electron chi connectivity index (χ2n) is 3.15. The highest BCUT2D eigenvalue weighted by Gasteiger charge is 2.01. The van der Waals surface area contributed by atoms with Gasteiger partial charge in [-0.1, -0.05) is 30.3 Å². The van der Waals surface area contributed by atoms with Gasteiger partial charge in [0.25, 0.3) is 0 Å². The molecule has 0 bridgehead atoms. The zero-order valence-electron chi connectivity index (χ0n) is 9.04. The summed E-state index contributed by atoms with van der Waals surface area (Å²) in [6.45, 7) is 0.697. The molecule has 2 aromatic rings. The number of nitrogens with two attached hydrogens (primary N) is 2. The van der Waals surface area contributed by atoms with E-state index in [0.717, 1.165) is 0 Å². The maximum atomic E-state index is 5.59. The van der Waals surface area contributed by atoms with Crippen LogP contribution < -0.4 is 11.5 Å². The molecule has 0 aliphatic heterocycles. The van der Waals surface area contributed by atoms with Gasteiger partial charge in [0.15, 0.2) is 5.82 Å². The predicted molar refractivity (Wildman–Crippen MR) is 74.7 cm³/mol. The molecule has 2 rings (SSSR count). The van der Waals surface area contributed by atoms with Crippen LogP contribution in [0.15, 0.2) is 36.5 Å². The van der Waals surface area contributed by atoms with Crippen molar-refractivity contribution in [2.45, 2.75) is 6.54 Å². The Balaban J connectivity index is 0. The number of benzene rings is 1. The molecule has 17 heavy (non-hydrogen) atoms. The standard InChI is InChI=1S/C10H12N4.2ClH.H2O/c11-9-7-14(13-10(9)12)6-8-4-2-1-3-5-8;;;/h1-5,7H,6,11H2,(H2,12,13);2*1H;1H2. The number of nitrogen functional groups attached to an aromatic ring is 2. The lowest BCUT2D eigenvalue weighted by molar-refractivity contribution is 0.690. The molecule has 1 aromatic carbocycles. The highest BCUT2D eigenvalue weighted by atomic mass is 35.5. The van der Waals surface area contributed by atoms with Crippen molar-refractivity contribution >= 4 is 36.3 Å². The smallest absolute Gasteiger partial charge is 0.168 e. The topological polar surface area (TPSA) is 101 Å². The maximum absolute atomic E-state index is 5.59. The van der Waals surface area contributed by atoms with E-state index in [1.807, 2.05) is 30.3 Å². The molecule has 0 fully saturated rings. The van der Waals surface area contributed by atoms with Gasteiger partial charge in [0.05, 0.1) is 18.4 Å². The van der Waals surface area contributed by atoms with Gasteiger partial charge in [-0.15, -0.1) is 24.8 Å². The van der Waals surface area contributed by atoms with Crippen molar-refractivity contribution in [2.75, 3.05) is 11.5 Å². The summed E-state index contributed by atoms with van der Waals surface area (Å²) < 4.78 is 1.74. The van der Waals surface area contributed by atoms with E-state index >= 15 is 0 Å². The largest absolute Gasteiger partial charge is 0.412 e. The summed E-state index contributed by atoms with van der Waals surface area (Å²) in [7, 11) is 0. The fourth-order valence-corrected chi connectivity index (χ4v) is 1.30. The highest BCUT2D eigenvalue weighted by Crippen LogP contribution is 2.11. The van der Waals surface area contributed by atoms with Crippen LogP contribution in [0.25, 0.3) is 0 Å². The Labute approximate surface area is 112 Å². The third kappa shape index (κ3) is 4.52. The molecule has 0 radical (unpaired) electrons. The van der Waals surface area contributed by atoms with E-state index < -0.39 is 0 Å². The summed E-state index contributed by atoms with van der Waals surface area (Å²) in [6, 6.07) is 10.0. The Morgan fingerprint density at radius 2 is 1.65 bits per heavy atom. The SMILES string of the molecule is Cl.Cl.Nc1cn(Cc2ccccc2)nc1N.O. The van der Waals surface area contributed by atoms with Crippen LogP contribution in [0.2, 0.25) is 0 Å². The minimum atomic E-state index is 0. The molecule has 0 saturated heterocycles. The lowest BCUT2D eigenvalue weighted by Crippen LogP contribution is -2.00. The van der Waals surface area contributed by atoms with Crippen LogP contribution in [0.4, 0.5) is 11.5 Å². The van der Waals surface area contributed by atoms with Crippen molar-refractivity contribution in [3.8, 4) is 0 Å². The van der Waals surface area contributed by atoms with E-state index in [9.17, 15) is 0 Å². The predicted octanol–water partition coefficient (Wildman–Crippen LogP) is 1.11. The minimum Gasteiger partial charge on any atom is -0.412 e. The van der Waals surface area contributed by atoms with Crippen LogP contribution in [-0.2, 0) is 6.54 Å². The fraction of sp³-hybridized carbons (Fsp3) is 0.100. The summed E-state index contributed by atoms with van der Waals surface area (Å²) >= 11 is 0. The van der Waals surface area contributed by atoms with Crippen molar-refractivity contribution in [1.29, 1.82) is 0 Å². The number of hydrogen-bond acceptors (Lipinski definition) is 3. The van der Waals surface area contributed by atoms with Gasteiger partial charge in [-0.3, -0.25) is 4.68 Å². The summed E-state index contributed by atoms with van der Waals surface area (Å²) in [5.41, 5.74) is 12.8. The average Bonchev–Trinajstić information content (AvgIpc) is 2.47. The second-order valence-corrected chi connectivity index (χ2v) is 3.15. The quantitative estimate of drug-likeness (QED) is 0.860. The lowest BCUT2D eigenvalue weighted by Gasteiger charge is -2.00. The van der Waals surface area contributed by atoms with Gasteiger partial charge in [0.1, 0.15) is 0 Å². The average molecular weight is 279 g/mol. The van der Waals surface area contributed by atoms with E-state index in [2.05, 4.69) is 5.10 Å². The van der Waals surface area contributed by atoms with Gasteiger partial charge in [-0.25, -0.2) is 0 Å². The third-order valence-corrected chi connectivity index (χ3v) is 2.01. The molecule has 1 heterocycles. The first-order chi connectivity index (χ1) is 6.75. The zero-order chi connectivity index (χ0) is 9.97. The lowest BCUT2D eigenvalue weighted by atomic mass is 10.2. The molecular formula is C10H16Cl2N4O. The van der Waals surface area contributed by atoms with Crippen molar-refractivity contribution in [3.05, 3.63) is 42.1 Å². The van der Waals surface area contributed by atoms with Crippen LogP contribution in [-0.4, -0.2) is 15.3 Å².